The summed E-state index contributed by atoms with van der Waals surface area (Å²) in [4.78, 5) is 14.1. The van der Waals surface area contributed by atoms with Gasteiger partial charge in [-0.15, -0.1) is 0 Å². The molecule has 7 nitrogen and oxygen atoms in total. The Labute approximate surface area is 149 Å². The highest BCUT2D eigenvalue weighted by atomic mass is 16.6. The van der Waals surface area contributed by atoms with E-state index in [0.717, 1.165) is 5.56 Å². The van der Waals surface area contributed by atoms with E-state index in [4.69, 9.17) is 18.9 Å². The van der Waals surface area contributed by atoms with Crippen molar-refractivity contribution in [3.8, 4) is 17.2 Å². The Bertz CT molecular complexity index is 612. The van der Waals surface area contributed by atoms with Gasteiger partial charge < -0.3 is 29.2 Å². The average molecular weight is 352 g/mol. The lowest BCUT2D eigenvalue weighted by Gasteiger charge is -2.35. The number of piperazine rings is 1. The molecule has 1 unspecified atom stereocenters. The molecule has 1 aliphatic heterocycles. The van der Waals surface area contributed by atoms with Gasteiger partial charge in [-0.05, 0) is 32.9 Å². The predicted molar refractivity (Wildman–Crippen MR) is 94.6 cm³/mol. The molecule has 0 radical (unpaired) electrons. The zero-order valence-electron chi connectivity index (χ0n) is 15.8. The molecule has 0 bridgehead atoms. The average Bonchev–Trinajstić information content (AvgIpc) is 2.58. The second-order valence-electron chi connectivity index (χ2n) is 6.86. The number of hydrogen-bond acceptors (Lipinski definition) is 6. The van der Waals surface area contributed by atoms with Crippen molar-refractivity contribution in [2.75, 3.05) is 41.0 Å². The molecular formula is C18H28N2O5. The van der Waals surface area contributed by atoms with Gasteiger partial charge in [-0.1, -0.05) is 0 Å². The van der Waals surface area contributed by atoms with Crippen LogP contribution in [-0.4, -0.2) is 57.6 Å². The number of carbonyl (C=O) groups is 1. The Balaban J connectivity index is 2.25. The fraction of sp³-hybridized carbons (Fsp3) is 0.611. The van der Waals surface area contributed by atoms with E-state index in [-0.39, 0.29) is 12.1 Å². The highest BCUT2D eigenvalue weighted by molar-refractivity contribution is 5.68. The van der Waals surface area contributed by atoms with Crippen LogP contribution >= 0.6 is 0 Å². The molecule has 1 fully saturated rings. The first-order valence-corrected chi connectivity index (χ1v) is 8.31. The van der Waals surface area contributed by atoms with Gasteiger partial charge in [-0.3, -0.25) is 0 Å². The lowest BCUT2D eigenvalue weighted by Crippen LogP contribution is -2.49. The molecule has 0 saturated carbocycles. The highest BCUT2D eigenvalue weighted by Crippen LogP contribution is 2.42. The topological polar surface area (TPSA) is 69.3 Å². The van der Waals surface area contributed by atoms with Crippen LogP contribution in [0, 0.1) is 0 Å². The van der Waals surface area contributed by atoms with Gasteiger partial charge in [0.15, 0.2) is 11.5 Å². The molecule has 1 aromatic rings. The van der Waals surface area contributed by atoms with Crippen LogP contribution in [-0.2, 0) is 4.74 Å². The summed E-state index contributed by atoms with van der Waals surface area (Å²) in [6, 6.07) is 3.68. The Hall–Kier alpha value is -2.15. The van der Waals surface area contributed by atoms with Crippen molar-refractivity contribution in [1.29, 1.82) is 0 Å². The van der Waals surface area contributed by atoms with E-state index in [1.807, 2.05) is 32.9 Å². The van der Waals surface area contributed by atoms with Crippen molar-refractivity contribution in [2.45, 2.75) is 32.4 Å². The van der Waals surface area contributed by atoms with Gasteiger partial charge in [0.2, 0.25) is 5.75 Å². The first kappa shape index (κ1) is 19.2. The molecule has 0 aromatic heterocycles. The number of methoxy groups -OCH3 is 3. The zero-order valence-corrected chi connectivity index (χ0v) is 15.8. The van der Waals surface area contributed by atoms with Crippen molar-refractivity contribution in [3.63, 3.8) is 0 Å². The lowest BCUT2D eigenvalue weighted by atomic mass is 10.0. The molecule has 1 aliphatic rings. The second kappa shape index (κ2) is 7.82. The zero-order chi connectivity index (χ0) is 18.6. The summed E-state index contributed by atoms with van der Waals surface area (Å²) >= 11 is 0. The molecule has 0 spiro atoms. The van der Waals surface area contributed by atoms with Gasteiger partial charge in [0.05, 0.1) is 27.4 Å². The van der Waals surface area contributed by atoms with Crippen molar-refractivity contribution >= 4 is 6.09 Å². The first-order chi connectivity index (χ1) is 11.8. The fourth-order valence-corrected chi connectivity index (χ4v) is 2.85. The van der Waals surface area contributed by atoms with Gasteiger partial charge >= 0.3 is 6.09 Å². The van der Waals surface area contributed by atoms with E-state index in [0.29, 0.717) is 36.9 Å². The molecule has 1 N–H and O–H groups in total. The Morgan fingerprint density at radius 2 is 1.80 bits per heavy atom. The van der Waals surface area contributed by atoms with E-state index in [2.05, 4.69) is 5.32 Å². The number of ether oxygens (including phenoxy) is 4. The summed E-state index contributed by atoms with van der Waals surface area (Å²) in [5.41, 5.74) is 0.395. The van der Waals surface area contributed by atoms with E-state index < -0.39 is 5.60 Å². The number of benzene rings is 1. The number of nitrogens with zero attached hydrogens (tertiary/aromatic N) is 1. The van der Waals surface area contributed by atoms with Crippen LogP contribution in [0.4, 0.5) is 4.79 Å². The quantitative estimate of drug-likeness (QED) is 0.898. The monoisotopic (exact) mass is 352 g/mol. The predicted octanol–water partition coefficient (Wildman–Crippen LogP) is 2.59. The van der Waals surface area contributed by atoms with Crippen LogP contribution in [0.2, 0.25) is 0 Å². The van der Waals surface area contributed by atoms with Crippen LogP contribution in [0.25, 0.3) is 0 Å². The van der Waals surface area contributed by atoms with Crippen molar-refractivity contribution in [2.24, 2.45) is 0 Å². The Morgan fingerprint density at radius 1 is 1.12 bits per heavy atom. The number of nitrogens with one attached hydrogen (secondary N) is 1. The summed E-state index contributed by atoms with van der Waals surface area (Å²) in [6.07, 6.45) is -0.307. The number of rotatable bonds is 4. The molecule has 7 heteroatoms. The second-order valence-corrected chi connectivity index (χ2v) is 6.86. The van der Waals surface area contributed by atoms with E-state index in [1.165, 1.54) is 0 Å². The van der Waals surface area contributed by atoms with Crippen LogP contribution in [0.3, 0.4) is 0 Å². The Kier molecular flexibility index (Phi) is 6.00. The molecule has 1 aromatic carbocycles. The lowest BCUT2D eigenvalue weighted by molar-refractivity contribution is 0.0194. The number of carbonyl (C=O) groups excluding carboxylic acids is 1. The molecule has 25 heavy (non-hydrogen) atoms. The maximum absolute atomic E-state index is 12.4. The van der Waals surface area contributed by atoms with Gasteiger partial charge in [-0.25, -0.2) is 4.79 Å². The van der Waals surface area contributed by atoms with Crippen LogP contribution in [0.5, 0.6) is 17.2 Å². The SMILES string of the molecule is COc1ccc(C2CN(C(=O)OC(C)(C)C)CCN2)c(OC)c1OC. The molecule has 0 aliphatic carbocycles. The van der Waals surface area contributed by atoms with Crippen molar-refractivity contribution in [1.82, 2.24) is 10.2 Å². The van der Waals surface area contributed by atoms with Crippen LogP contribution < -0.4 is 19.5 Å². The maximum atomic E-state index is 12.4. The first-order valence-electron chi connectivity index (χ1n) is 8.31. The van der Waals surface area contributed by atoms with Gasteiger partial charge in [-0.2, -0.15) is 0 Å². The molecule has 140 valence electrons. The summed E-state index contributed by atoms with van der Waals surface area (Å²) in [5, 5.41) is 3.42. The molecule has 2 rings (SSSR count). The molecule has 1 amide bonds. The molecular weight excluding hydrogens is 324 g/mol. The third kappa shape index (κ3) is 4.48. The van der Waals surface area contributed by atoms with Gasteiger partial charge in [0, 0.05) is 25.2 Å². The largest absolute Gasteiger partial charge is 0.493 e. The molecule has 1 heterocycles. The minimum Gasteiger partial charge on any atom is -0.493 e. The molecule has 1 atom stereocenters. The number of amides is 1. The summed E-state index contributed by atoms with van der Waals surface area (Å²) in [6.45, 7) is 7.34. The van der Waals surface area contributed by atoms with E-state index in [1.54, 1.807) is 26.2 Å². The van der Waals surface area contributed by atoms with Crippen LogP contribution in [0.15, 0.2) is 12.1 Å². The van der Waals surface area contributed by atoms with Crippen molar-refractivity contribution < 1.29 is 23.7 Å². The van der Waals surface area contributed by atoms with E-state index >= 15 is 0 Å². The molecule has 1 saturated heterocycles. The maximum Gasteiger partial charge on any atom is 0.410 e. The Morgan fingerprint density at radius 3 is 2.36 bits per heavy atom. The van der Waals surface area contributed by atoms with E-state index in [9.17, 15) is 4.79 Å². The smallest absolute Gasteiger partial charge is 0.410 e. The third-order valence-electron chi connectivity index (χ3n) is 3.94. The van der Waals surface area contributed by atoms with Crippen LogP contribution in [0.1, 0.15) is 32.4 Å². The van der Waals surface area contributed by atoms with Gasteiger partial charge in [0.1, 0.15) is 5.60 Å². The minimum absolute atomic E-state index is 0.0870. The van der Waals surface area contributed by atoms with Crippen molar-refractivity contribution in [3.05, 3.63) is 17.7 Å². The summed E-state index contributed by atoms with van der Waals surface area (Å²) < 4.78 is 21.8. The summed E-state index contributed by atoms with van der Waals surface area (Å²) in [5.74, 6) is 1.74. The summed E-state index contributed by atoms with van der Waals surface area (Å²) in [7, 11) is 4.75. The highest BCUT2D eigenvalue weighted by Gasteiger charge is 2.30. The standard InChI is InChI=1S/C18H28N2O5/c1-18(2,3)25-17(21)20-10-9-19-13(11-20)12-7-8-14(22-4)16(24-6)15(12)23-5/h7-8,13,19H,9-11H2,1-6H3. The number of hydrogen-bond donors (Lipinski definition) is 1. The van der Waals surface area contributed by atoms with Gasteiger partial charge in [0.25, 0.3) is 0 Å². The normalized spacial score (nSPS) is 17.8. The third-order valence-corrected chi connectivity index (χ3v) is 3.94. The fourth-order valence-electron chi connectivity index (χ4n) is 2.85. The minimum atomic E-state index is -0.515.